The van der Waals surface area contributed by atoms with Crippen LogP contribution in [-0.2, 0) is 0 Å². The summed E-state index contributed by atoms with van der Waals surface area (Å²) < 4.78 is 18.5. The summed E-state index contributed by atoms with van der Waals surface area (Å²) >= 11 is 0. The van der Waals surface area contributed by atoms with Gasteiger partial charge in [-0.1, -0.05) is 6.07 Å². The minimum Gasteiger partial charge on any atom is -0.497 e. The third-order valence-electron chi connectivity index (χ3n) is 5.48. The lowest BCUT2D eigenvalue weighted by Gasteiger charge is -2.11. The van der Waals surface area contributed by atoms with Crippen molar-refractivity contribution >= 4 is 22.4 Å². The van der Waals surface area contributed by atoms with Gasteiger partial charge in [0.1, 0.15) is 17.0 Å². The number of fused-ring (bicyclic) bond motifs is 1. The molecule has 0 aliphatic rings. The largest absolute Gasteiger partial charge is 0.497 e. The number of oxazole rings is 1. The summed E-state index contributed by atoms with van der Waals surface area (Å²) in [7, 11) is 3.28. The van der Waals surface area contributed by atoms with E-state index in [2.05, 4.69) is 15.3 Å². The van der Waals surface area contributed by atoms with Crippen LogP contribution in [-0.4, -0.2) is 34.0 Å². The number of anilines is 2. The van der Waals surface area contributed by atoms with E-state index in [0.717, 1.165) is 39.3 Å². The molecule has 3 heterocycles. The molecule has 0 aliphatic heterocycles. The van der Waals surface area contributed by atoms with Gasteiger partial charge in [0.25, 0.3) is 0 Å². The Kier molecular flexibility index (Phi) is 5.18. The van der Waals surface area contributed by atoms with Gasteiger partial charge in [0.15, 0.2) is 17.5 Å². The van der Waals surface area contributed by atoms with Crippen molar-refractivity contribution in [2.75, 3.05) is 19.5 Å². The third kappa shape index (κ3) is 3.76. The van der Waals surface area contributed by atoms with Gasteiger partial charge in [0.05, 0.1) is 31.7 Å². The maximum atomic E-state index is 5.66. The molecular formula is C25H23N5O3. The van der Waals surface area contributed by atoms with E-state index in [1.165, 1.54) is 0 Å². The van der Waals surface area contributed by atoms with E-state index in [4.69, 9.17) is 19.0 Å². The van der Waals surface area contributed by atoms with Crippen molar-refractivity contribution in [2.45, 2.75) is 13.8 Å². The standard InChI is InChI=1S/C25H23N5O3/c1-15-20-10-11-26-25(24(20)29-30(15)18-6-5-7-19(13-18)31-3)28-17-8-9-21(22(12-17)32-4)23-14-27-16(2)33-23/h5-14H,1-4H3,(H,26,28). The molecule has 33 heavy (non-hydrogen) atoms. The van der Waals surface area contributed by atoms with E-state index >= 15 is 0 Å². The molecule has 0 amide bonds. The summed E-state index contributed by atoms with van der Waals surface area (Å²) in [6, 6.07) is 15.6. The van der Waals surface area contributed by atoms with Gasteiger partial charge in [-0.15, -0.1) is 0 Å². The minimum absolute atomic E-state index is 0.604. The van der Waals surface area contributed by atoms with E-state index in [9.17, 15) is 0 Å². The van der Waals surface area contributed by atoms with Crippen molar-refractivity contribution in [3.8, 4) is 28.5 Å². The monoisotopic (exact) mass is 441 g/mol. The maximum absolute atomic E-state index is 5.66. The Bertz CT molecular complexity index is 1450. The molecule has 0 saturated heterocycles. The normalized spacial score (nSPS) is 11.0. The number of nitrogens with zero attached hydrogens (tertiary/aromatic N) is 4. The predicted molar refractivity (Wildman–Crippen MR) is 127 cm³/mol. The summed E-state index contributed by atoms with van der Waals surface area (Å²) in [6.07, 6.45) is 3.47. The molecule has 1 N–H and O–H groups in total. The molecule has 8 heteroatoms. The number of aromatic nitrogens is 4. The summed E-state index contributed by atoms with van der Waals surface area (Å²) in [4.78, 5) is 8.72. The van der Waals surface area contributed by atoms with Crippen LogP contribution < -0.4 is 14.8 Å². The van der Waals surface area contributed by atoms with Crippen LogP contribution in [0.3, 0.4) is 0 Å². The molecule has 0 spiro atoms. The molecule has 0 bridgehead atoms. The van der Waals surface area contributed by atoms with Crippen LogP contribution in [0.15, 0.2) is 65.3 Å². The van der Waals surface area contributed by atoms with Crippen LogP contribution in [0.1, 0.15) is 11.6 Å². The molecule has 166 valence electrons. The Labute approximate surface area is 190 Å². The molecule has 5 aromatic rings. The van der Waals surface area contributed by atoms with Gasteiger partial charge in [-0.3, -0.25) is 0 Å². The fourth-order valence-electron chi connectivity index (χ4n) is 3.82. The Morgan fingerprint density at radius 1 is 0.970 bits per heavy atom. The average Bonchev–Trinajstić information content (AvgIpc) is 3.43. The van der Waals surface area contributed by atoms with Crippen LogP contribution in [0, 0.1) is 13.8 Å². The number of nitrogens with one attached hydrogen (secondary N) is 1. The Morgan fingerprint density at radius 2 is 1.85 bits per heavy atom. The second-order valence-electron chi connectivity index (χ2n) is 7.54. The molecule has 0 saturated carbocycles. The van der Waals surface area contributed by atoms with Gasteiger partial charge in [0.2, 0.25) is 0 Å². The third-order valence-corrected chi connectivity index (χ3v) is 5.48. The van der Waals surface area contributed by atoms with E-state index in [1.807, 2.05) is 67.1 Å². The lowest BCUT2D eigenvalue weighted by Crippen LogP contribution is -1.99. The highest BCUT2D eigenvalue weighted by Gasteiger charge is 2.16. The summed E-state index contributed by atoms with van der Waals surface area (Å²) in [5, 5.41) is 9.24. The first-order chi connectivity index (χ1) is 16.1. The summed E-state index contributed by atoms with van der Waals surface area (Å²) in [6.45, 7) is 3.85. The number of hydrogen-bond donors (Lipinski definition) is 1. The smallest absolute Gasteiger partial charge is 0.191 e. The highest BCUT2D eigenvalue weighted by atomic mass is 16.5. The lowest BCUT2D eigenvalue weighted by atomic mass is 10.1. The van der Waals surface area contributed by atoms with Crippen LogP contribution >= 0.6 is 0 Å². The van der Waals surface area contributed by atoms with E-state index < -0.39 is 0 Å². The van der Waals surface area contributed by atoms with Crippen molar-refractivity contribution in [1.29, 1.82) is 0 Å². The van der Waals surface area contributed by atoms with Crippen molar-refractivity contribution in [2.24, 2.45) is 0 Å². The number of aryl methyl sites for hydroxylation is 2. The van der Waals surface area contributed by atoms with Gasteiger partial charge in [-0.05, 0) is 37.3 Å². The second-order valence-corrected chi connectivity index (χ2v) is 7.54. The molecule has 0 unspecified atom stereocenters. The van der Waals surface area contributed by atoms with Gasteiger partial charge in [-0.25, -0.2) is 14.6 Å². The first kappa shape index (κ1) is 20.6. The van der Waals surface area contributed by atoms with Crippen molar-refractivity contribution in [3.05, 3.63) is 72.5 Å². The maximum Gasteiger partial charge on any atom is 0.191 e. The van der Waals surface area contributed by atoms with Crippen LogP contribution in [0.25, 0.3) is 27.9 Å². The minimum atomic E-state index is 0.604. The van der Waals surface area contributed by atoms with Crippen molar-refractivity contribution < 1.29 is 13.9 Å². The summed E-state index contributed by atoms with van der Waals surface area (Å²) in [5.74, 6) is 3.36. The van der Waals surface area contributed by atoms with Crippen LogP contribution in [0.4, 0.5) is 11.5 Å². The quantitative estimate of drug-likeness (QED) is 0.375. The predicted octanol–water partition coefficient (Wildman–Crippen LogP) is 5.45. The molecule has 3 aromatic heterocycles. The number of ether oxygens (including phenoxy) is 2. The van der Waals surface area contributed by atoms with E-state index in [0.29, 0.717) is 23.2 Å². The van der Waals surface area contributed by atoms with Gasteiger partial charge >= 0.3 is 0 Å². The fourth-order valence-corrected chi connectivity index (χ4v) is 3.82. The molecule has 8 nitrogen and oxygen atoms in total. The zero-order valence-corrected chi connectivity index (χ0v) is 18.8. The Balaban J connectivity index is 1.53. The average molecular weight is 441 g/mol. The van der Waals surface area contributed by atoms with E-state index in [-0.39, 0.29) is 0 Å². The molecule has 0 fully saturated rings. The number of rotatable bonds is 6. The topological polar surface area (TPSA) is 87.2 Å². The zero-order chi connectivity index (χ0) is 22.9. The number of benzene rings is 2. The second kappa shape index (κ2) is 8.31. The molecule has 5 rings (SSSR count). The number of hydrogen-bond acceptors (Lipinski definition) is 7. The number of pyridine rings is 1. The molecule has 2 aromatic carbocycles. The number of methoxy groups -OCH3 is 2. The van der Waals surface area contributed by atoms with Gasteiger partial charge in [0, 0.05) is 42.0 Å². The molecular weight excluding hydrogens is 418 g/mol. The van der Waals surface area contributed by atoms with E-state index in [1.54, 1.807) is 26.6 Å². The summed E-state index contributed by atoms with van der Waals surface area (Å²) in [5.41, 5.74) is 4.35. The van der Waals surface area contributed by atoms with Crippen molar-refractivity contribution in [3.63, 3.8) is 0 Å². The molecule has 0 radical (unpaired) electrons. The highest BCUT2D eigenvalue weighted by Crippen LogP contribution is 2.35. The zero-order valence-electron chi connectivity index (χ0n) is 18.8. The molecule has 0 aliphatic carbocycles. The van der Waals surface area contributed by atoms with Crippen LogP contribution in [0.2, 0.25) is 0 Å². The fraction of sp³-hybridized carbons (Fsp3) is 0.160. The van der Waals surface area contributed by atoms with Gasteiger partial charge < -0.3 is 19.2 Å². The first-order valence-corrected chi connectivity index (χ1v) is 10.4. The highest BCUT2D eigenvalue weighted by molar-refractivity contribution is 5.92. The lowest BCUT2D eigenvalue weighted by molar-refractivity contribution is 0.414. The Morgan fingerprint density at radius 3 is 2.61 bits per heavy atom. The Hall–Kier alpha value is -4.33. The SMILES string of the molecule is COc1cccc(-n2nc3c(Nc4ccc(-c5cnc(C)o5)c(OC)c4)nccc3c2C)c1. The van der Waals surface area contributed by atoms with Gasteiger partial charge in [-0.2, -0.15) is 5.10 Å². The van der Waals surface area contributed by atoms with Crippen LogP contribution in [0.5, 0.6) is 11.5 Å². The molecule has 0 atom stereocenters. The first-order valence-electron chi connectivity index (χ1n) is 10.4. The van der Waals surface area contributed by atoms with Crippen molar-refractivity contribution in [1.82, 2.24) is 19.7 Å².